The van der Waals surface area contributed by atoms with Crippen molar-refractivity contribution in [2.45, 2.75) is 46.3 Å². The van der Waals surface area contributed by atoms with Gasteiger partial charge in [-0.25, -0.2) is 0 Å². The third kappa shape index (κ3) is 29.6. The average Bonchev–Trinajstić information content (AvgIpc) is 3.10. The zero-order valence-corrected chi connectivity index (χ0v) is 32.3. The highest BCUT2D eigenvalue weighted by atomic mass is 79.9. The highest BCUT2D eigenvalue weighted by Gasteiger charge is 2.38. The van der Waals surface area contributed by atoms with E-state index in [2.05, 4.69) is 15.9 Å². The molecule has 48 heavy (non-hydrogen) atoms. The molecule has 14 nitrogen and oxygen atoms in total. The van der Waals surface area contributed by atoms with Crippen molar-refractivity contribution >= 4 is 15.9 Å². The fraction of sp³-hybridized carbons (Fsp3) is 1.00. The van der Waals surface area contributed by atoms with Crippen molar-refractivity contribution in [2.24, 2.45) is 10.8 Å². The zero-order chi connectivity index (χ0) is 36.2. The minimum atomic E-state index is -0.550. The lowest BCUT2D eigenvalue weighted by molar-refractivity contribution is -0.290. The van der Waals surface area contributed by atoms with Crippen LogP contribution in [0.15, 0.2) is 0 Å². The summed E-state index contributed by atoms with van der Waals surface area (Å²) in [5.41, 5.74) is -0.721. The SMILES string of the molecule is CCC(CO)(CO)COCCOCCOCCOCCOC.CCC1(CO)COC(C)(C)OC1.COCCOCCOCCOCCBr. The highest BCUT2D eigenvalue weighted by molar-refractivity contribution is 9.09. The summed E-state index contributed by atoms with van der Waals surface area (Å²) < 4.78 is 57.7. The molecule has 1 aliphatic heterocycles. The third-order valence-electron chi connectivity index (χ3n) is 7.31. The van der Waals surface area contributed by atoms with Crippen LogP contribution in [0, 0.1) is 10.8 Å². The molecular formula is C33H69BrO14. The van der Waals surface area contributed by atoms with E-state index in [4.69, 9.17) is 57.2 Å². The van der Waals surface area contributed by atoms with E-state index < -0.39 is 11.2 Å². The Morgan fingerprint density at radius 2 is 0.938 bits per heavy atom. The Hall–Kier alpha value is -0.0800. The van der Waals surface area contributed by atoms with Gasteiger partial charge in [0.05, 0.1) is 139 Å². The maximum Gasteiger partial charge on any atom is 0.162 e. The molecule has 0 aromatic carbocycles. The number of alkyl halides is 1. The highest BCUT2D eigenvalue weighted by Crippen LogP contribution is 2.31. The number of aliphatic hydroxyl groups excluding tert-OH is 3. The molecular weight excluding hydrogens is 700 g/mol. The van der Waals surface area contributed by atoms with Crippen LogP contribution < -0.4 is 0 Å². The number of aliphatic hydroxyl groups is 3. The molecule has 0 radical (unpaired) electrons. The van der Waals surface area contributed by atoms with E-state index >= 15 is 0 Å². The number of hydrogen-bond acceptors (Lipinski definition) is 14. The predicted molar refractivity (Wildman–Crippen MR) is 186 cm³/mol. The largest absolute Gasteiger partial charge is 0.396 e. The number of methoxy groups -OCH3 is 2. The Balaban J connectivity index is 0. The van der Waals surface area contributed by atoms with E-state index in [-0.39, 0.29) is 25.2 Å². The molecule has 0 spiro atoms. The van der Waals surface area contributed by atoms with Crippen LogP contribution in [0.2, 0.25) is 0 Å². The van der Waals surface area contributed by atoms with Gasteiger partial charge in [-0.05, 0) is 26.7 Å². The maximum absolute atomic E-state index is 9.26. The molecule has 1 rings (SSSR count). The van der Waals surface area contributed by atoms with Gasteiger partial charge >= 0.3 is 0 Å². The van der Waals surface area contributed by atoms with Gasteiger partial charge in [-0.15, -0.1) is 0 Å². The van der Waals surface area contributed by atoms with E-state index in [1.54, 1.807) is 14.2 Å². The Kier molecular flexibility index (Phi) is 36.8. The monoisotopic (exact) mass is 768 g/mol. The minimum Gasteiger partial charge on any atom is -0.396 e. The average molecular weight is 770 g/mol. The van der Waals surface area contributed by atoms with Gasteiger partial charge in [-0.3, -0.25) is 0 Å². The van der Waals surface area contributed by atoms with Crippen molar-refractivity contribution in [3.63, 3.8) is 0 Å². The molecule has 0 saturated carbocycles. The van der Waals surface area contributed by atoms with Gasteiger partial charge < -0.3 is 67.4 Å². The fourth-order valence-corrected chi connectivity index (χ4v) is 3.67. The first-order valence-corrected chi connectivity index (χ1v) is 18.0. The second-order valence-electron chi connectivity index (χ2n) is 11.6. The van der Waals surface area contributed by atoms with E-state index in [1.165, 1.54) is 0 Å². The first-order chi connectivity index (χ1) is 23.2. The smallest absolute Gasteiger partial charge is 0.162 e. The summed E-state index contributed by atoms with van der Waals surface area (Å²) in [5.74, 6) is -0.478. The Bertz CT molecular complexity index is 607. The minimum absolute atomic E-state index is 0.0822. The molecule has 0 atom stereocenters. The number of hydrogen-bond donors (Lipinski definition) is 3. The predicted octanol–water partition coefficient (Wildman–Crippen LogP) is 2.32. The van der Waals surface area contributed by atoms with Crippen LogP contribution in [0.3, 0.4) is 0 Å². The molecule has 0 bridgehead atoms. The fourth-order valence-electron chi connectivity index (χ4n) is 3.44. The van der Waals surface area contributed by atoms with Crippen molar-refractivity contribution in [2.75, 3.05) is 158 Å². The quantitative estimate of drug-likeness (QED) is 0.0721. The summed E-state index contributed by atoms with van der Waals surface area (Å²) in [5, 5.41) is 28.5. The molecule has 3 N–H and O–H groups in total. The van der Waals surface area contributed by atoms with Crippen LogP contribution in [0.5, 0.6) is 0 Å². The number of rotatable bonds is 30. The van der Waals surface area contributed by atoms with Gasteiger partial charge in [0, 0.05) is 30.4 Å². The Morgan fingerprint density at radius 1 is 0.583 bits per heavy atom. The standard InChI is InChI=1S/C15H32O7.C9H19BrO4.C9H18O3/c1-3-15(12-16,13-17)14-22-11-10-21-9-8-20-7-6-19-5-4-18-2;1-11-4-5-13-8-9-14-7-6-12-3-2-10;1-4-9(5-10)6-11-8(2,3)12-7-9/h16-17H,3-14H2,1-2H3;2-9H2,1H3;10H,4-7H2,1-3H3. The van der Waals surface area contributed by atoms with Crippen LogP contribution >= 0.6 is 15.9 Å². The molecule has 0 unspecified atom stereocenters. The zero-order valence-electron chi connectivity index (χ0n) is 30.7. The summed E-state index contributed by atoms with van der Waals surface area (Å²) >= 11 is 3.27. The lowest BCUT2D eigenvalue weighted by atomic mass is 9.87. The first-order valence-electron chi connectivity index (χ1n) is 16.9. The molecule has 0 amide bonds. The lowest BCUT2D eigenvalue weighted by Gasteiger charge is -2.42. The molecule has 15 heteroatoms. The van der Waals surface area contributed by atoms with Crippen molar-refractivity contribution < 1.29 is 67.4 Å². The van der Waals surface area contributed by atoms with E-state index in [1.807, 2.05) is 27.7 Å². The van der Waals surface area contributed by atoms with E-state index in [0.29, 0.717) is 119 Å². The molecule has 1 aliphatic rings. The van der Waals surface area contributed by atoms with Crippen LogP contribution in [0.1, 0.15) is 40.5 Å². The summed E-state index contributed by atoms with van der Waals surface area (Å²) in [6, 6.07) is 0. The van der Waals surface area contributed by atoms with Crippen LogP contribution in [0.4, 0.5) is 0 Å². The molecule has 1 fully saturated rings. The second-order valence-corrected chi connectivity index (χ2v) is 12.4. The van der Waals surface area contributed by atoms with Crippen molar-refractivity contribution in [1.82, 2.24) is 0 Å². The summed E-state index contributed by atoms with van der Waals surface area (Å²) in [6.45, 7) is 17.9. The lowest BCUT2D eigenvalue weighted by Crippen LogP contribution is -2.48. The second kappa shape index (κ2) is 35.3. The van der Waals surface area contributed by atoms with Crippen molar-refractivity contribution in [3.8, 4) is 0 Å². The molecule has 1 heterocycles. The molecule has 0 aromatic rings. The van der Waals surface area contributed by atoms with Gasteiger partial charge in [-0.1, -0.05) is 29.8 Å². The summed E-state index contributed by atoms with van der Waals surface area (Å²) in [4.78, 5) is 0. The van der Waals surface area contributed by atoms with Crippen molar-refractivity contribution in [3.05, 3.63) is 0 Å². The molecule has 292 valence electrons. The third-order valence-corrected chi connectivity index (χ3v) is 7.64. The van der Waals surface area contributed by atoms with Gasteiger partial charge in [0.15, 0.2) is 5.79 Å². The maximum atomic E-state index is 9.26. The van der Waals surface area contributed by atoms with Gasteiger partial charge in [-0.2, -0.15) is 0 Å². The molecule has 0 aliphatic carbocycles. The van der Waals surface area contributed by atoms with Crippen LogP contribution in [0.25, 0.3) is 0 Å². The van der Waals surface area contributed by atoms with Gasteiger partial charge in [0.25, 0.3) is 0 Å². The number of ether oxygens (including phenoxy) is 11. The topological polar surface area (TPSA) is 162 Å². The van der Waals surface area contributed by atoms with E-state index in [9.17, 15) is 10.2 Å². The Morgan fingerprint density at radius 3 is 1.23 bits per heavy atom. The summed E-state index contributed by atoms with van der Waals surface area (Å²) in [7, 11) is 3.29. The Labute approximate surface area is 298 Å². The first kappa shape index (κ1) is 50.0. The van der Waals surface area contributed by atoms with E-state index in [0.717, 1.165) is 18.4 Å². The molecule has 0 aromatic heterocycles. The van der Waals surface area contributed by atoms with Gasteiger partial charge in [0.1, 0.15) is 0 Å². The summed E-state index contributed by atoms with van der Waals surface area (Å²) in [6.07, 6.45) is 1.56. The molecule has 1 saturated heterocycles. The van der Waals surface area contributed by atoms with Crippen molar-refractivity contribution in [1.29, 1.82) is 0 Å². The normalized spacial score (nSPS) is 15.4. The number of halogens is 1. The van der Waals surface area contributed by atoms with Crippen LogP contribution in [-0.2, 0) is 52.1 Å². The van der Waals surface area contributed by atoms with Gasteiger partial charge in [0.2, 0.25) is 0 Å². The van der Waals surface area contributed by atoms with Crippen LogP contribution in [-0.4, -0.2) is 179 Å².